The van der Waals surface area contributed by atoms with Crippen molar-refractivity contribution in [3.63, 3.8) is 0 Å². The van der Waals surface area contributed by atoms with Gasteiger partial charge in [0.1, 0.15) is 5.75 Å². The summed E-state index contributed by atoms with van der Waals surface area (Å²) < 4.78 is 7.39. The molecule has 1 saturated heterocycles. The first kappa shape index (κ1) is 17.0. The number of ether oxygens (including phenoxy) is 1. The third-order valence-corrected chi connectivity index (χ3v) is 4.73. The van der Waals surface area contributed by atoms with E-state index in [0.717, 1.165) is 24.5 Å². The third-order valence-electron chi connectivity index (χ3n) is 4.73. The van der Waals surface area contributed by atoms with Crippen molar-refractivity contribution in [2.45, 2.75) is 38.9 Å². The van der Waals surface area contributed by atoms with E-state index in [1.165, 1.54) is 37.1 Å². The fourth-order valence-electron chi connectivity index (χ4n) is 3.29. The van der Waals surface area contributed by atoms with Crippen molar-refractivity contribution in [3.8, 4) is 5.75 Å². The highest BCUT2D eigenvalue weighted by Gasteiger charge is 2.15. The molecule has 1 unspecified atom stereocenters. The van der Waals surface area contributed by atoms with Gasteiger partial charge >= 0.3 is 0 Å². The van der Waals surface area contributed by atoms with Gasteiger partial charge in [-0.2, -0.15) is 5.10 Å². The molecule has 1 aliphatic heterocycles. The van der Waals surface area contributed by atoms with Gasteiger partial charge in [0.25, 0.3) is 0 Å². The van der Waals surface area contributed by atoms with E-state index in [4.69, 9.17) is 4.74 Å². The van der Waals surface area contributed by atoms with Crippen LogP contribution in [0.4, 0.5) is 0 Å². The van der Waals surface area contributed by atoms with E-state index in [1.807, 2.05) is 17.9 Å². The van der Waals surface area contributed by atoms with Crippen LogP contribution in [-0.2, 0) is 20.1 Å². The van der Waals surface area contributed by atoms with E-state index in [-0.39, 0.29) is 6.04 Å². The molecule has 1 fully saturated rings. The molecule has 5 heteroatoms. The van der Waals surface area contributed by atoms with E-state index < -0.39 is 0 Å². The number of benzene rings is 1. The van der Waals surface area contributed by atoms with Crippen molar-refractivity contribution in [3.05, 3.63) is 47.3 Å². The van der Waals surface area contributed by atoms with Crippen molar-refractivity contribution in [2.24, 2.45) is 7.05 Å². The van der Waals surface area contributed by atoms with E-state index >= 15 is 0 Å². The molecule has 0 spiro atoms. The molecule has 0 bridgehead atoms. The Morgan fingerprint density at radius 1 is 1.25 bits per heavy atom. The average Bonchev–Trinajstić information content (AvgIpc) is 3.24. The summed E-state index contributed by atoms with van der Waals surface area (Å²) in [6, 6.07) is 8.80. The molecular weight excluding hydrogens is 300 g/mol. The van der Waals surface area contributed by atoms with Crippen molar-refractivity contribution < 1.29 is 4.74 Å². The normalized spacial score (nSPS) is 16.5. The molecule has 1 aromatic heterocycles. The lowest BCUT2D eigenvalue weighted by molar-refractivity contribution is 0.320. The number of rotatable bonds is 7. The van der Waals surface area contributed by atoms with Gasteiger partial charge in [0, 0.05) is 37.9 Å². The number of likely N-dealkylation sites (tertiary alicyclic amines) is 1. The van der Waals surface area contributed by atoms with E-state index in [0.29, 0.717) is 0 Å². The first-order valence-electron chi connectivity index (χ1n) is 8.77. The fraction of sp³-hybridized carbons (Fsp3) is 0.526. The predicted octanol–water partition coefficient (Wildman–Crippen LogP) is 2.88. The summed E-state index contributed by atoms with van der Waals surface area (Å²) in [4.78, 5) is 2.51. The zero-order valence-electron chi connectivity index (χ0n) is 15.0. The highest BCUT2D eigenvalue weighted by atomic mass is 16.5. The van der Waals surface area contributed by atoms with Crippen molar-refractivity contribution >= 4 is 0 Å². The molecule has 1 N–H and O–H groups in total. The summed E-state index contributed by atoms with van der Waals surface area (Å²) >= 11 is 0. The largest absolute Gasteiger partial charge is 0.496 e. The molecule has 1 aliphatic rings. The Morgan fingerprint density at radius 3 is 2.71 bits per heavy atom. The number of hydrogen-bond donors (Lipinski definition) is 1. The maximum Gasteiger partial charge on any atom is 0.123 e. The van der Waals surface area contributed by atoms with Gasteiger partial charge in [-0.15, -0.1) is 0 Å². The molecule has 0 aliphatic carbocycles. The number of nitrogens with zero attached hydrogens (tertiary/aromatic N) is 3. The fourth-order valence-corrected chi connectivity index (χ4v) is 3.29. The summed E-state index contributed by atoms with van der Waals surface area (Å²) in [7, 11) is 3.70. The zero-order valence-corrected chi connectivity index (χ0v) is 15.0. The maximum absolute atomic E-state index is 5.55. The monoisotopic (exact) mass is 328 g/mol. The van der Waals surface area contributed by atoms with Crippen LogP contribution in [0, 0.1) is 0 Å². The molecule has 24 heavy (non-hydrogen) atoms. The van der Waals surface area contributed by atoms with Crippen molar-refractivity contribution in [1.29, 1.82) is 0 Å². The summed E-state index contributed by atoms with van der Waals surface area (Å²) in [5, 5.41) is 8.02. The van der Waals surface area contributed by atoms with Crippen LogP contribution in [0.25, 0.3) is 0 Å². The Morgan fingerprint density at radius 2 is 2.04 bits per heavy atom. The molecule has 2 aromatic rings. The van der Waals surface area contributed by atoms with Gasteiger partial charge in [0.2, 0.25) is 0 Å². The van der Waals surface area contributed by atoms with E-state index in [2.05, 4.69) is 46.5 Å². The van der Waals surface area contributed by atoms with Gasteiger partial charge in [-0.3, -0.25) is 9.58 Å². The molecule has 5 nitrogen and oxygen atoms in total. The highest BCUT2D eigenvalue weighted by molar-refractivity contribution is 5.37. The minimum Gasteiger partial charge on any atom is -0.496 e. The number of hydrogen-bond acceptors (Lipinski definition) is 4. The van der Waals surface area contributed by atoms with Gasteiger partial charge < -0.3 is 10.1 Å². The van der Waals surface area contributed by atoms with Gasteiger partial charge in [-0.05, 0) is 56.6 Å². The molecule has 0 radical (unpaired) electrons. The standard InChI is InChI=1S/C19H28N4O/c1-15(18-8-11-22(2)21-18)20-13-16-6-7-19(24-3)17(12-16)14-23-9-4-5-10-23/h6-8,11-12,15,20H,4-5,9-10,13-14H2,1-3H3. The topological polar surface area (TPSA) is 42.3 Å². The second-order valence-corrected chi connectivity index (χ2v) is 6.65. The summed E-state index contributed by atoms with van der Waals surface area (Å²) in [6.45, 7) is 6.35. The van der Waals surface area contributed by atoms with E-state index in [9.17, 15) is 0 Å². The van der Waals surface area contributed by atoms with Gasteiger partial charge in [0.05, 0.1) is 12.8 Å². The Labute approximate surface area is 144 Å². The van der Waals surface area contributed by atoms with Crippen LogP contribution in [0.3, 0.4) is 0 Å². The predicted molar refractivity (Wildman–Crippen MR) is 96.0 cm³/mol. The van der Waals surface area contributed by atoms with Crippen LogP contribution in [0.5, 0.6) is 5.75 Å². The minimum atomic E-state index is 0.232. The molecule has 1 atom stereocenters. The molecule has 2 heterocycles. The molecule has 3 rings (SSSR count). The lowest BCUT2D eigenvalue weighted by atomic mass is 10.1. The number of methoxy groups -OCH3 is 1. The smallest absolute Gasteiger partial charge is 0.123 e. The van der Waals surface area contributed by atoms with Crippen LogP contribution in [0.2, 0.25) is 0 Å². The first-order valence-corrected chi connectivity index (χ1v) is 8.77. The quantitative estimate of drug-likeness (QED) is 0.849. The van der Waals surface area contributed by atoms with Crippen LogP contribution < -0.4 is 10.1 Å². The SMILES string of the molecule is COc1ccc(CNC(C)c2ccn(C)n2)cc1CN1CCCC1. The summed E-state index contributed by atoms with van der Waals surface area (Å²) in [5.74, 6) is 0.989. The summed E-state index contributed by atoms with van der Waals surface area (Å²) in [5.41, 5.74) is 3.64. The second-order valence-electron chi connectivity index (χ2n) is 6.65. The lowest BCUT2D eigenvalue weighted by Crippen LogP contribution is -2.20. The molecule has 0 saturated carbocycles. The number of aromatic nitrogens is 2. The average molecular weight is 328 g/mol. The molecule has 130 valence electrons. The highest BCUT2D eigenvalue weighted by Crippen LogP contribution is 2.24. The van der Waals surface area contributed by atoms with Crippen molar-refractivity contribution in [2.75, 3.05) is 20.2 Å². The summed E-state index contributed by atoms with van der Waals surface area (Å²) in [6.07, 6.45) is 4.60. The van der Waals surface area contributed by atoms with Crippen LogP contribution in [0.1, 0.15) is 42.6 Å². The van der Waals surface area contributed by atoms with Crippen molar-refractivity contribution in [1.82, 2.24) is 20.0 Å². The van der Waals surface area contributed by atoms with Gasteiger partial charge in [-0.25, -0.2) is 0 Å². The Balaban J connectivity index is 1.64. The Bertz CT molecular complexity index is 661. The Hall–Kier alpha value is -1.85. The maximum atomic E-state index is 5.55. The minimum absolute atomic E-state index is 0.232. The van der Waals surface area contributed by atoms with Gasteiger partial charge in [0.15, 0.2) is 0 Å². The van der Waals surface area contributed by atoms with Crippen LogP contribution in [0.15, 0.2) is 30.5 Å². The van der Waals surface area contributed by atoms with Gasteiger partial charge in [-0.1, -0.05) is 6.07 Å². The van der Waals surface area contributed by atoms with Crippen LogP contribution in [-0.4, -0.2) is 34.9 Å². The molecule has 0 amide bonds. The Kier molecular flexibility index (Phi) is 5.53. The zero-order chi connectivity index (χ0) is 16.9. The number of aryl methyl sites for hydroxylation is 1. The van der Waals surface area contributed by atoms with E-state index in [1.54, 1.807) is 7.11 Å². The van der Waals surface area contributed by atoms with Crippen LogP contribution >= 0.6 is 0 Å². The molecule has 1 aromatic carbocycles. The first-order chi connectivity index (χ1) is 11.7. The number of nitrogens with one attached hydrogen (secondary N) is 1. The lowest BCUT2D eigenvalue weighted by Gasteiger charge is -2.18. The second kappa shape index (κ2) is 7.81. The molecular formula is C19H28N4O. The third kappa shape index (κ3) is 4.16.